The number of amides is 1. The van der Waals surface area contributed by atoms with Crippen molar-refractivity contribution in [1.29, 1.82) is 0 Å². The summed E-state index contributed by atoms with van der Waals surface area (Å²) in [6.45, 7) is -0.0740. The number of carbonyl (C=O) groups excluding carboxylic acids is 1. The molecule has 2 aromatic heterocycles. The van der Waals surface area contributed by atoms with Gasteiger partial charge in [-0.25, -0.2) is 4.98 Å². The number of halogens is 3. The van der Waals surface area contributed by atoms with Gasteiger partial charge < -0.3 is 25.0 Å². The maximum absolute atomic E-state index is 13.0. The minimum atomic E-state index is -4.44. The highest BCUT2D eigenvalue weighted by Crippen LogP contribution is 2.32. The van der Waals surface area contributed by atoms with Crippen LogP contribution in [0.5, 0.6) is 11.5 Å². The normalized spacial score (nSPS) is 11.4. The Hall–Kier alpha value is -4.12. The number of aliphatic hydroxyl groups excluding tert-OH is 1. The molecule has 8 nitrogen and oxygen atoms in total. The van der Waals surface area contributed by atoms with Gasteiger partial charge in [0.2, 0.25) is 5.95 Å². The lowest BCUT2D eigenvalue weighted by Crippen LogP contribution is -2.27. The summed E-state index contributed by atoms with van der Waals surface area (Å²) in [5.41, 5.74) is 0.935. The third-order valence-electron chi connectivity index (χ3n) is 4.90. The highest BCUT2D eigenvalue weighted by Gasteiger charge is 2.30. The molecule has 176 valence electrons. The fourth-order valence-electron chi connectivity index (χ4n) is 3.25. The van der Waals surface area contributed by atoms with Gasteiger partial charge >= 0.3 is 6.18 Å². The molecule has 0 unspecified atom stereocenters. The molecule has 0 fully saturated rings. The first-order chi connectivity index (χ1) is 16.2. The number of benzene rings is 2. The average molecular weight is 471 g/mol. The Bertz CT molecular complexity index is 1340. The van der Waals surface area contributed by atoms with Crippen LogP contribution < -0.4 is 15.4 Å². The molecule has 0 radical (unpaired) electrons. The molecule has 11 heteroatoms. The van der Waals surface area contributed by atoms with E-state index in [2.05, 4.69) is 20.6 Å². The highest BCUT2D eigenvalue weighted by molar-refractivity contribution is 5.92. The van der Waals surface area contributed by atoms with E-state index in [0.717, 1.165) is 17.6 Å². The minimum Gasteiger partial charge on any atom is -0.457 e. The summed E-state index contributed by atoms with van der Waals surface area (Å²) in [6.07, 6.45) is -3.01. The summed E-state index contributed by atoms with van der Waals surface area (Å²) < 4.78 is 46.6. The van der Waals surface area contributed by atoms with Crippen LogP contribution >= 0.6 is 0 Å². The third kappa shape index (κ3) is 5.09. The van der Waals surface area contributed by atoms with Gasteiger partial charge in [-0.2, -0.15) is 13.2 Å². The van der Waals surface area contributed by atoms with E-state index < -0.39 is 17.6 Å². The first-order valence-corrected chi connectivity index (χ1v) is 10.2. The molecule has 1 amide bonds. The van der Waals surface area contributed by atoms with E-state index in [1.54, 1.807) is 35.9 Å². The zero-order valence-corrected chi connectivity index (χ0v) is 17.9. The van der Waals surface area contributed by atoms with Crippen molar-refractivity contribution in [3.05, 3.63) is 72.1 Å². The summed E-state index contributed by atoms with van der Waals surface area (Å²) in [6, 6.07) is 13.1. The largest absolute Gasteiger partial charge is 0.457 e. The number of aryl methyl sites for hydroxylation is 1. The lowest BCUT2D eigenvalue weighted by Gasteiger charge is -2.10. The molecule has 2 heterocycles. The van der Waals surface area contributed by atoms with Crippen molar-refractivity contribution in [1.82, 2.24) is 19.9 Å². The molecule has 0 saturated carbocycles. The first kappa shape index (κ1) is 23.1. The molecule has 0 saturated heterocycles. The number of aromatic nitrogens is 3. The second kappa shape index (κ2) is 9.40. The number of hydrogen-bond acceptors (Lipinski definition) is 6. The van der Waals surface area contributed by atoms with E-state index in [-0.39, 0.29) is 24.5 Å². The Kier molecular flexibility index (Phi) is 6.37. The number of rotatable bonds is 7. The van der Waals surface area contributed by atoms with Gasteiger partial charge in [0.1, 0.15) is 17.2 Å². The number of hydrogen-bond donors (Lipinski definition) is 3. The molecule has 0 atom stereocenters. The Labute approximate surface area is 192 Å². The van der Waals surface area contributed by atoms with Crippen LogP contribution in [0.4, 0.5) is 24.8 Å². The number of nitrogens with one attached hydrogen (secondary N) is 2. The molecular formula is C23H20F3N5O3. The number of fused-ring (bicyclic) bond motifs is 1. The molecular weight excluding hydrogens is 451 g/mol. The fourth-order valence-corrected chi connectivity index (χ4v) is 3.25. The summed E-state index contributed by atoms with van der Waals surface area (Å²) in [4.78, 5) is 20.5. The summed E-state index contributed by atoms with van der Waals surface area (Å²) in [5, 5.41) is 14.3. The lowest BCUT2D eigenvalue weighted by molar-refractivity contribution is -0.137. The van der Waals surface area contributed by atoms with E-state index >= 15 is 0 Å². The maximum Gasteiger partial charge on any atom is 0.416 e. The van der Waals surface area contributed by atoms with Crippen LogP contribution in [0.3, 0.4) is 0 Å². The molecule has 4 aromatic rings. The number of aliphatic hydroxyl groups is 1. The van der Waals surface area contributed by atoms with Crippen LogP contribution in [0.2, 0.25) is 0 Å². The number of anilines is 2. The van der Waals surface area contributed by atoms with Crippen molar-refractivity contribution < 1.29 is 27.8 Å². The molecule has 4 rings (SSSR count). The van der Waals surface area contributed by atoms with E-state index in [1.165, 1.54) is 24.4 Å². The molecule has 0 bridgehead atoms. The second-order valence-corrected chi connectivity index (χ2v) is 7.31. The van der Waals surface area contributed by atoms with Gasteiger partial charge in [0.15, 0.2) is 0 Å². The number of alkyl halides is 3. The average Bonchev–Trinajstić information content (AvgIpc) is 3.11. The predicted molar refractivity (Wildman–Crippen MR) is 119 cm³/mol. The van der Waals surface area contributed by atoms with E-state index in [1.807, 2.05) is 0 Å². The van der Waals surface area contributed by atoms with Gasteiger partial charge in [0, 0.05) is 37.6 Å². The topological polar surface area (TPSA) is 101 Å². The van der Waals surface area contributed by atoms with Crippen molar-refractivity contribution in [2.24, 2.45) is 7.05 Å². The van der Waals surface area contributed by atoms with Gasteiger partial charge in [-0.3, -0.25) is 9.78 Å². The third-order valence-corrected chi connectivity index (χ3v) is 4.90. The molecule has 34 heavy (non-hydrogen) atoms. The molecule has 0 aliphatic rings. The van der Waals surface area contributed by atoms with Crippen LogP contribution in [-0.4, -0.2) is 38.7 Å². The van der Waals surface area contributed by atoms with Gasteiger partial charge in [-0.15, -0.1) is 0 Å². The Morgan fingerprint density at radius 1 is 1.12 bits per heavy atom. The Balaban J connectivity index is 1.55. The second-order valence-electron chi connectivity index (χ2n) is 7.31. The zero-order valence-electron chi connectivity index (χ0n) is 17.9. The molecule has 0 aliphatic heterocycles. The number of carbonyl (C=O) groups is 1. The summed E-state index contributed by atoms with van der Waals surface area (Å²) >= 11 is 0. The van der Waals surface area contributed by atoms with Crippen molar-refractivity contribution in [3.8, 4) is 11.5 Å². The summed E-state index contributed by atoms with van der Waals surface area (Å²) in [5.74, 6) is 0.745. The SMILES string of the molecule is Cn1c(Nc2cccc(C(F)(F)F)c2)nc2cc(Oc3ccnc(C(=O)NCCO)c3)ccc21. The molecule has 2 aromatic carbocycles. The van der Waals surface area contributed by atoms with E-state index in [0.29, 0.717) is 23.0 Å². The highest BCUT2D eigenvalue weighted by atomic mass is 19.4. The van der Waals surface area contributed by atoms with Crippen molar-refractivity contribution in [2.45, 2.75) is 6.18 Å². The van der Waals surface area contributed by atoms with Crippen molar-refractivity contribution >= 4 is 28.6 Å². The van der Waals surface area contributed by atoms with Gasteiger partial charge in [0.05, 0.1) is 23.2 Å². The standard InChI is InChI=1S/C23H20F3N5O3/c1-31-20-6-5-16(34-17-7-8-27-19(13-17)21(33)28-9-10-32)12-18(20)30-22(31)29-15-4-2-3-14(11-15)23(24,25)26/h2-8,11-13,32H,9-10H2,1H3,(H,28,33)(H,29,30). The summed E-state index contributed by atoms with van der Waals surface area (Å²) in [7, 11) is 1.74. The molecule has 0 aliphatic carbocycles. The number of ether oxygens (including phenoxy) is 1. The maximum atomic E-state index is 13.0. The van der Waals surface area contributed by atoms with Crippen molar-refractivity contribution in [3.63, 3.8) is 0 Å². The van der Waals surface area contributed by atoms with Crippen LogP contribution in [0, 0.1) is 0 Å². The van der Waals surface area contributed by atoms with Gasteiger partial charge in [-0.05, 0) is 36.4 Å². The monoisotopic (exact) mass is 471 g/mol. The molecule has 3 N–H and O–H groups in total. The van der Waals surface area contributed by atoms with Gasteiger partial charge in [-0.1, -0.05) is 6.07 Å². The Morgan fingerprint density at radius 2 is 1.91 bits per heavy atom. The van der Waals surface area contributed by atoms with Gasteiger partial charge in [0.25, 0.3) is 5.91 Å². The zero-order chi connectivity index (χ0) is 24.3. The molecule has 0 spiro atoms. The lowest BCUT2D eigenvalue weighted by atomic mass is 10.2. The van der Waals surface area contributed by atoms with Crippen LogP contribution in [0.15, 0.2) is 60.8 Å². The van der Waals surface area contributed by atoms with Crippen LogP contribution in [0.1, 0.15) is 16.1 Å². The fraction of sp³-hybridized carbons (Fsp3) is 0.174. The minimum absolute atomic E-state index is 0.110. The van der Waals surface area contributed by atoms with Crippen molar-refractivity contribution in [2.75, 3.05) is 18.5 Å². The first-order valence-electron chi connectivity index (χ1n) is 10.2. The van der Waals surface area contributed by atoms with Crippen LogP contribution in [0.25, 0.3) is 11.0 Å². The van der Waals surface area contributed by atoms with Crippen LogP contribution in [-0.2, 0) is 13.2 Å². The predicted octanol–water partition coefficient (Wildman–Crippen LogP) is 4.25. The quantitative estimate of drug-likeness (QED) is 0.373. The van der Waals surface area contributed by atoms with E-state index in [9.17, 15) is 18.0 Å². The smallest absolute Gasteiger partial charge is 0.416 e. The van der Waals surface area contributed by atoms with E-state index in [4.69, 9.17) is 9.84 Å². The Morgan fingerprint density at radius 3 is 2.68 bits per heavy atom. The number of nitrogens with zero attached hydrogens (tertiary/aromatic N) is 3. The number of imidazole rings is 1. The number of pyridine rings is 1.